The highest BCUT2D eigenvalue weighted by Gasteiger charge is 2.20. The van der Waals surface area contributed by atoms with Crippen molar-refractivity contribution in [3.63, 3.8) is 0 Å². The smallest absolute Gasteiger partial charge is 0.183 e. The zero-order valence-electron chi connectivity index (χ0n) is 9.40. The van der Waals surface area contributed by atoms with Gasteiger partial charge in [0.15, 0.2) is 5.11 Å². The van der Waals surface area contributed by atoms with Gasteiger partial charge in [0.2, 0.25) is 0 Å². The Morgan fingerprint density at radius 3 is 2.47 bits per heavy atom. The fraction of sp³-hybridized carbons (Fsp3) is 0.364. The van der Waals surface area contributed by atoms with Crippen molar-refractivity contribution in [2.24, 2.45) is 5.84 Å². The minimum atomic E-state index is -0.180. The molecule has 4 nitrogen and oxygen atoms in total. The maximum Gasteiger partial charge on any atom is 0.183 e. The van der Waals surface area contributed by atoms with E-state index in [1.165, 1.54) is 6.07 Å². The van der Waals surface area contributed by atoms with Gasteiger partial charge in [-0.1, -0.05) is 12.1 Å². The number of piperazine rings is 1. The number of hydrogen-bond donors (Lipinski definition) is 2. The summed E-state index contributed by atoms with van der Waals surface area (Å²) < 4.78 is 13.6. The van der Waals surface area contributed by atoms with E-state index in [-0.39, 0.29) is 5.82 Å². The van der Waals surface area contributed by atoms with Crippen LogP contribution in [0.15, 0.2) is 24.3 Å². The van der Waals surface area contributed by atoms with E-state index in [1.54, 1.807) is 12.1 Å². The third-order valence-electron chi connectivity index (χ3n) is 2.88. The highest BCUT2D eigenvalue weighted by Crippen LogP contribution is 2.19. The molecule has 0 aliphatic carbocycles. The number of nitrogens with zero attached hydrogens (tertiary/aromatic N) is 2. The third-order valence-corrected chi connectivity index (χ3v) is 3.26. The van der Waals surface area contributed by atoms with Crippen molar-refractivity contribution < 1.29 is 4.39 Å². The largest absolute Gasteiger partial charge is 0.366 e. The van der Waals surface area contributed by atoms with Gasteiger partial charge in [-0.2, -0.15) is 0 Å². The van der Waals surface area contributed by atoms with Crippen molar-refractivity contribution >= 4 is 23.0 Å². The molecule has 0 amide bonds. The first kappa shape index (κ1) is 12.1. The van der Waals surface area contributed by atoms with Crippen LogP contribution in [0.25, 0.3) is 0 Å². The van der Waals surface area contributed by atoms with Crippen molar-refractivity contribution in [1.82, 2.24) is 10.3 Å². The van der Waals surface area contributed by atoms with Crippen LogP contribution in [-0.4, -0.2) is 36.2 Å². The maximum atomic E-state index is 13.6. The molecule has 1 fully saturated rings. The minimum absolute atomic E-state index is 0.180. The summed E-state index contributed by atoms with van der Waals surface area (Å²) in [7, 11) is 0. The van der Waals surface area contributed by atoms with E-state index in [0.29, 0.717) is 10.8 Å². The summed E-state index contributed by atoms with van der Waals surface area (Å²) in [6, 6.07) is 6.82. The fourth-order valence-electron chi connectivity index (χ4n) is 1.95. The zero-order valence-corrected chi connectivity index (χ0v) is 10.2. The highest BCUT2D eigenvalue weighted by molar-refractivity contribution is 7.80. The molecule has 17 heavy (non-hydrogen) atoms. The van der Waals surface area contributed by atoms with Crippen LogP contribution in [0, 0.1) is 5.82 Å². The Hall–Kier alpha value is -1.40. The lowest BCUT2D eigenvalue weighted by Gasteiger charge is -2.37. The Bertz CT molecular complexity index is 404. The van der Waals surface area contributed by atoms with Gasteiger partial charge in [-0.25, -0.2) is 10.2 Å². The lowest BCUT2D eigenvalue weighted by atomic mass is 10.2. The van der Waals surface area contributed by atoms with Crippen molar-refractivity contribution in [3.05, 3.63) is 30.1 Å². The summed E-state index contributed by atoms with van der Waals surface area (Å²) in [5.41, 5.74) is 3.12. The first-order valence-corrected chi connectivity index (χ1v) is 5.88. The van der Waals surface area contributed by atoms with Crippen LogP contribution in [-0.2, 0) is 0 Å². The highest BCUT2D eigenvalue weighted by atomic mass is 32.1. The quantitative estimate of drug-likeness (QED) is 0.439. The normalized spacial score (nSPS) is 15.9. The molecule has 1 aliphatic rings. The molecule has 0 spiro atoms. The van der Waals surface area contributed by atoms with Crippen LogP contribution in [0.3, 0.4) is 0 Å². The van der Waals surface area contributed by atoms with Gasteiger partial charge < -0.3 is 15.2 Å². The molecule has 0 atom stereocenters. The number of thiocarbonyl (C=S) groups is 1. The number of benzene rings is 1. The number of halogens is 1. The summed E-state index contributed by atoms with van der Waals surface area (Å²) >= 11 is 5.05. The molecule has 2 rings (SSSR count). The van der Waals surface area contributed by atoms with E-state index < -0.39 is 0 Å². The molecular formula is C11H15FN4S. The van der Waals surface area contributed by atoms with Gasteiger partial charge in [0.1, 0.15) is 5.82 Å². The molecule has 6 heteroatoms. The maximum absolute atomic E-state index is 13.6. The molecule has 1 aromatic carbocycles. The van der Waals surface area contributed by atoms with E-state index in [4.69, 9.17) is 18.1 Å². The summed E-state index contributed by atoms with van der Waals surface area (Å²) in [6.45, 7) is 2.97. The topological polar surface area (TPSA) is 44.5 Å². The van der Waals surface area contributed by atoms with Crippen LogP contribution >= 0.6 is 12.2 Å². The number of anilines is 1. The second kappa shape index (κ2) is 5.29. The monoisotopic (exact) mass is 254 g/mol. The van der Waals surface area contributed by atoms with E-state index in [2.05, 4.69) is 5.43 Å². The number of nitrogens with two attached hydrogens (primary N) is 1. The van der Waals surface area contributed by atoms with Gasteiger partial charge in [0.25, 0.3) is 0 Å². The van der Waals surface area contributed by atoms with E-state index in [1.807, 2.05) is 15.9 Å². The van der Waals surface area contributed by atoms with Crippen molar-refractivity contribution in [3.8, 4) is 0 Å². The Labute approximate surface area is 105 Å². The fourth-order valence-corrected chi connectivity index (χ4v) is 2.13. The Kier molecular flexibility index (Phi) is 3.75. The summed E-state index contributed by atoms with van der Waals surface area (Å²) in [5.74, 6) is 5.09. The molecule has 0 radical (unpaired) electrons. The average molecular weight is 254 g/mol. The minimum Gasteiger partial charge on any atom is -0.366 e. The Morgan fingerprint density at radius 1 is 1.24 bits per heavy atom. The molecule has 1 aliphatic heterocycles. The average Bonchev–Trinajstić information content (AvgIpc) is 2.39. The SMILES string of the molecule is NNC(=S)N1CCN(c2ccccc2F)CC1. The second-order valence-electron chi connectivity index (χ2n) is 3.87. The molecule has 0 saturated carbocycles. The predicted octanol–water partition coefficient (Wildman–Crippen LogP) is 0.696. The standard InChI is InChI=1S/C11H15FN4S/c12-9-3-1-2-4-10(9)15-5-7-16(8-6-15)11(17)14-13/h1-4H,5-8,13H2,(H,14,17). The molecule has 0 unspecified atom stereocenters. The molecular weight excluding hydrogens is 239 g/mol. The first-order valence-electron chi connectivity index (χ1n) is 5.47. The molecule has 0 bridgehead atoms. The number of nitrogens with one attached hydrogen (secondary N) is 1. The van der Waals surface area contributed by atoms with Gasteiger partial charge in [-0.15, -0.1) is 0 Å². The number of para-hydroxylation sites is 1. The molecule has 3 N–H and O–H groups in total. The Balaban J connectivity index is 2.00. The van der Waals surface area contributed by atoms with Crippen LogP contribution in [0.4, 0.5) is 10.1 Å². The first-order chi connectivity index (χ1) is 8.22. The van der Waals surface area contributed by atoms with Crippen molar-refractivity contribution in [1.29, 1.82) is 0 Å². The molecule has 92 valence electrons. The molecule has 1 heterocycles. The molecule has 1 saturated heterocycles. The Morgan fingerprint density at radius 2 is 1.88 bits per heavy atom. The zero-order chi connectivity index (χ0) is 12.3. The van der Waals surface area contributed by atoms with Gasteiger partial charge >= 0.3 is 0 Å². The van der Waals surface area contributed by atoms with Gasteiger partial charge in [-0.3, -0.25) is 0 Å². The van der Waals surface area contributed by atoms with Crippen LogP contribution in [0.5, 0.6) is 0 Å². The third kappa shape index (κ3) is 2.65. The van der Waals surface area contributed by atoms with Gasteiger partial charge in [0.05, 0.1) is 5.69 Å². The summed E-state index contributed by atoms with van der Waals surface area (Å²) in [4.78, 5) is 4.00. The summed E-state index contributed by atoms with van der Waals surface area (Å²) in [6.07, 6.45) is 0. The van der Waals surface area contributed by atoms with E-state index >= 15 is 0 Å². The van der Waals surface area contributed by atoms with Crippen LogP contribution < -0.4 is 16.2 Å². The number of hydrazine groups is 1. The van der Waals surface area contributed by atoms with Crippen molar-refractivity contribution in [2.45, 2.75) is 0 Å². The van der Waals surface area contributed by atoms with Crippen LogP contribution in [0.1, 0.15) is 0 Å². The predicted molar refractivity (Wildman–Crippen MR) is 70.1 cm³/mol. The summed E-state index contributed by atoms with van der Waals surface area (Å²) in [5, 5.41) is 0.540. The molecule has 0 aromatic heterocycles. The van der Waals surface area contributed by atoms with Gasteiger partial charge in [-0.05, 0) is 24.4 Å². The number of rotatable bonds is 1. The lowest BCUT2D eigenvalue weighted by molar-refractivity contribution is 0.379. The van der Waals surface area contributed by atoms with Gasteiger partial charge in [0, 0.05) is 26.2 Å². The van der Waals surface area contributed by atoms with E-state index in [9.17, 15) is 4.39 Å². The second-order valence-corrected chi connectivity index (χ2v) is 4.26. The lowest BCUT2D eigenvalue weighted by Crippen LogP contribution is -2.53. The van der Waals surface area contributed by atoms with E-state index in [0.717, 1.165) is 26.2 Å². The van der Waals surface area contributed by atoms with Crippen LogP contribution in [0.2, 0.25) is 0 Å². The molecule has 1 aromatic rings. The van der Waals surface area contributed by atoms with Crippen molar-refractivity contribution in [2.75, 3.05) is 31.1 Å². The number of hydrogen-bond acceptors (Lipinski definition) is 3.